The molecule has 0 atom stereocenters. The van der Waals surface area contributed by atoms with Crippen molar-refractivity contribution in [3.63, 3.8) is 0 Å². The van der Waals surface area contributed by atoms with Crippen molar-refractivity contribution in [2.45, 2.75) is 25.6 Å². The number of hydrogen-bond donors (Lipinski definition) is 1. The molecule has 1 fully saturated rings. The van der Waals surface area contributed by atoms with Crippen molar-refractivity contribution in [2.24, 2.45) is 4.99 Å². The van der Waals surface area contributed by atoms with Crippen LogP contribution < -0.4 is 5.32 Å². The Morgan fingerprint density at radius 2 is 1.83 bits per heavy atom. The second-order valence-corrected chi connectivity index (χ2v) is 7.37. The lowest BCUT2D eigenvalue weighted by atomic mass is 10.1. The van der Waals surface area contributed by atoms with E-state index in [1.54, 1.807) is 19.2 Å². The van der Waals surface area contributed by atoms with E-state index >= 15 is 0 Å². The van der Waals surface area contributed by atoms with Crippen LogP contribution in [0.25, 0.3) is 0 Å². The van der Waals surface area contributed by atoms with Crippen molar-refractivity contribution in [3.05, 3.63) is 47.0 Å². The van der Waals surface area contributed by atoms with Gasteiger partial charge < -0.3 is 15.0 Å². The predicted octanol–water partition coefficient (Wildman–Crippen LogP) is 3.75. The molecule has 2 aliphatic heterocycles. The van der Waals surface area contributed by atoms with Crippen LogP contribution in [0.4, 0.5) is 13.2 Å². The molecule has 0 aromatic heterocycles. The van der Waals surface area contributed by atoms with E-state index in [1.165, 1.54) is 5.57 Å². The Morgan fingerprint density at radius 1 is 1.13 bits per heavy atom. The molecule has 2 heterocycles. The second-order valence-electron chi connectivity index (χ2n) is 7.37. The molecule has 2 aliphatic rings. The molecule has 3 rings (SSSR count). The Hall–Kier alpha value is -1.33. The average Bonchev–Trinajstić information content (AvgIpc) is 2.73. The lowest BCUT2D eigenvalue weighted by Crippen LogP contribution is -2.52. The van der Waals surface area contributed by atoms with Gasteiger partial charge in [-0.1, -0.05) is 23.8 Å². The van der Waals surface area contributed by atoms with Crippen molar-refractivity contribution in [1.82, 2.24) is 15.1 Å². The topological polar surface area (TPSA) is 40.1 Å². The van der Waals surface area contributed by atoms with E-state index in [1.807, 2.05) is 0 Å². The van der Waals surface area contributed by atoms with Crippen LogP contribution in [0.3, 0.4) is 0 Å². The fourth-order valence-electron chi connectivity index (χ4n) is 3.63. The average molecular weight is 538 g/mol. The Balaban J connectivity index is 0.00000320. The van der Waals surface area contributed by atoms with Crippen LogP contribution >= 0.6 is 24.0 Å². The third-order valence-electron chi connectivity index (χ3n) is 5.36. The summed E-state index contributed by atoms with van der Waals surface area (Å²) < 4.78 is 43.4. The highest BCUT2D eigenvalue weighted by atomic mass is 127. The van der Waals surface area contributed by atoms with Gasteiger partial charge in [0, 0.05) is 46.3 Å². The number of nitrogens with one attached hydrogen (secondary N) is 1. The van der Waals surface area contributed by atoms with Gasteiger partial charge in [0.25, 0.3) is 0 Å². The van der Waals surface area contributed by atoms with Gasteiger partial charge in [-0.15, -0.1) is 24.0 Å². The maximum atomic E-state index is 12.7. The summed E-state index contributed by atoms with van der Waals surface area (Å²) in [6, 6.07) is 5.46. The zero-order valence-electron chi connectivity index (χ0n) is 17.2. The van der Waals surface area contributed by atoms with Crippen LogP contribution in [-0.2, 0) is 17.5 Å². The first kappa shape index (κ1) is 24.9. The number of halogens is 4. The maximum absolute atomic E-state index is 12.7. The summed E-state index contributed by atoms with van der Waals surface area (Å²) >= 11 is 0. The minimum atomic E-state index is -4.28. The van der Waals surface area contributed by atoms with Gasteiger partial charge in [-0.2, -0.15) is 13.2 Å². The molecule has 0 spiro atoms. The van der Waals surface area contributed by atoms with Gasteiger partial charge in [0.2, 0.25) is 0 Å². The Bertz CT molecular complexity index is 714. The predicted molar refractivity (Wildman–Crippen MR) is 123 cm³/mol. The van der Waals surface area contributed by atoms with E-state index in [0.717, 1.165) is 75.8 Å². The Kier molecular flexibility index (Phi) is 9.89. The van der Waals surface area contributed by atoms with Crippen LogP contribution in [0.5, 0.6) is 0 Å². The standard InChI is InChI=1S/C21H29F3N4O.HI/c1-25-20(26-9-6-17-7-14-29-15-8-17)28-12-10-27(11-13-28)16-18-2-4-19(5-3-18)21(22,23)24;/h2-5,7H,6,8-16H2,1H3,(H,25,26);1H. The van der Waals surface area contributed by atoms with Crippen molar-refractivity contribution in [1.29, 1.82) is 0 Å². The van der Waals surface area contributed by atoms with Crippen LogP contribution in [0.15, 0.2) is 40.9 Å². The summed E-state index contributed by atoms with van der Waals surface area (Å²) in [5.41, 5.74) is 1.73. The van der Waals surface area contributed by atoms with E-state index < -0.39 is 11.7 Å². The van der Waals surface area contributed by atoms with E-state index in [-0.39, 0.29) is 24.0 Å². The summed E-state index contributed by atoms with van der Waals surface area (Å²) in [5, 5.41) is 3.44. The van der Waals surface area contributed by atoms with Crippen molar-refractivity contribution in [3.8, 4) is 0 Å². The van der Waals surface area contributed by atoms with Crippen molar-refractivity contribution in [2.75, 3.05) is 53.0 Å². The highest BCUT2D eigenvalue weighted by Gasteiger charge is 2.30. The summed E-state index contributed by atoms with van der Waals surface area (Å²) in [4.78, 5) is 8.90. The van der Waals surface area contributed by atoms with Gasteiger partial charge in [0.15, 0.2) is 5.96 Å². The molecule has 168 valence electrons. The first-order valence-corrected chi connectivity index (χ1v) is 10.1. The molecule has 0 bridgehead atoms. The molecular weight excluding hydrogens is 508 g/mol. The van der Waals surface area contributed by atoms with Crippen molar-refractivity contribution < 1.29 is 17.9 Å². The van der Waals surface area contributed by atoms with Gasteiger partial charge in [-0.05, 0) is 30.5 Å². The number of piperazine rings is 1. The molecule has 0 aliphatic carbocycles. The number of hydrogen-bond acceptors (Lipinski definition) is 3. The van der Waals surface area contributed by atoms with Crippen LogP contribution in [0, 0.1) is 0 Å². The van der Waals surface area contributed by atoms with Gasteiger partial charge in [-0.3, -0.25) is 9.89 Å². The summed E-state index contributed by atoms with van der Waals surface area (Å²) in [6.45, 7) is 6.42. The minimum Gasteiger partial charge on any atom is -0.377 e. The maximum Gasteiger partial charge on any atom is 0.416 e. The molecule has 1 aromatic rings. The zero-order chi connectivity index (χ0) is 20.7. The summed E-state index contributed by atoms with van der Waals surface area (Å²) in [6.07, 6.45) is -0.124. The van der Waals surface area contributed by atoms with Crippen LogP contribution in [-0.4, -0.2) is 68.7 Å². The van der Waals surface area contributed by atoms with E-state index in [9.17, 15) is 13.2 Å². The van der Waals surface area contributed by atoms with E-state index in [0.29, 0.717) is 13.2 Å². The quantitative estimate of drug-likeness (QED) is 0.269. The third kappa shape index (κ3) is 7.42. The van der Waals surface area contributed by atoms with Crippen molar-refractivity contribution >= 4 is 29.9 Å². The first-order valence-electron chi connectivity index (χ1n) is 10.1. The number of nitrogens with zero attached hydrogens (tertiary/aromatic N) is 3. The van der Waals surface area contributed by atoms with Gasteiger partial charge in [-0.25, -0.2) is 0 Å². The molecule has 30 heavy (non-hydrogen) atoms. The molecule has 0 unspecified atom stereocenters. The lowest BCUT2D eigenvalue weighted by Gasteiger charge is -2.36. The summed E-state index contributed by atoms with van der Waals surface area (Å²) in [7, 11) is 1.80. The Labute approximate surface area is 193 Å². The molecule has 0 saturated carbocycles. The smallest absolute Gasteiger partial charge is 0.377 e. The molecule has 0 amide bonds. The van der Waals surface area contributed by atoms with Crippen LogP contribution in [0.2, 0.25) is 0 Å². The molecule has 1 saturated heterocycles. The minimum absolute atomic E-state index is 0. The molecular formula is C21H30F3IN4O. The zero-order valence-corrected chi connectivity index (χ0v) is 19.6. The molecule has 0 radical (unpaired) electrons. The Morgan fingerprint density at radius 3 is 2.40 bits per heavy atom. The monoisotopic (exact) mass is 538 g/mol. The SMILES string of the molecule is CN=C(NCCC1=CCOCC1)N1CCN(Cc2ccc(C(F)(F)F)cc2)CC1.I. The molecule has 9 heteroatoms. The van der Waals surface area contributed by atoms with E-state index in [4.69, 9.17) is 4.74 Å². The van der Waals surface area contributed by atoms with Crippen LogP contribution in [0.1, 0.15) is 24.0 Å². The lowest BCUT2D eigenvalue weighted by molar-refractivity contribution is -0.137. The van der Waals surface area contributed by atoms with Gasteiger partial charge in [0.1, 0.15) is 0 Å². The highest BCUT2D eigenvalue weighted by molar-refractivity contribution is 14.0. The fraction of sp³-hybridized carbons (Fsp3) is 0.571. The number of alkyl halides is 3. The van der Waals surface area contributed by atoms with Gasteiger partial charge in [0.05, 0.1) is 18.8 Å². The largest absolute Gasteiger partial charge is 0.416 e. The summed E-state index contributed by atoms with van der Waals surface area (Å²) in [5.74, 6) is 0.909. The number of aliphatic imine (C=N–C) groups is 1. The first-order chi connectivity index (χ1) is 14.0. The molecule has 1 N–H and O–H groups in total. The normalized spacial score (nSPS) is 18.6. The molecule has 5 nitrogen and oxygen atoms in total. The van der Waals surface area contributed by atoms with Gasteiger partial charge >= 0.3 is 6.18 Å². The molecule has 1 aromatic carbocycles. The third-order valence-corrected chi connectivity index (χ3v) is 5.36. The number of rotatable bonds is 5. The number of ether oxygens (including phenoxy) is 1. The number of benzene rings is 1. The van der Waals surface area contributed by atoms with E-state index in [2.05, 4.69) is 26.2 Å². The second kappa shape index (κ2) is 11.9. The highest BCUT2D eigenvalue weighted by Crippen LogP contribution is 2.29. The fourth-order valence-corrected chi connectivity index (χ4v) is 3.63. The number of guanidine groups is 1.